The van der Waals surface area contributed by atoms with Gasteiger partial charge in [0.15, 0.2) is 0 Å². The van der Waals surface area contributed by atoms with Gasteiger partial charge >= 0.3 is 0 Å². The highest BCUT2D eigenvalue weighted by Gasteiger charge is 2.23. The summed E-state index contributed by atoms with van der Waals surface area (Å²) in [5.41, 5.74) is 9.48. The summed E-state index contributed by atoms with van der Waals surface area (Å²) in [7, 11) is 0. The minimum Gasteiger partial charge on any atom is -0.456 e. The first-order valence-corrected chi connectivity index (χ1v) is 16.0. The number of hydrogen-bond donors (Lipinski definition) is 0. The van der Waals surface area contributed by atoms with Gasteiger partial charge in [-0.05, 0) is 52.2 Å². The Kier molecular flexibility index (Phi) is 4.84. The molecule has 0 spiro atoms. The maximum absolute atomic E-state index is 6.45. The number of fused-ring (bicyclic) bond motifs is 11. The Hall–Kier alpha value is -6.32. The van der Waals surface area contributed by atoms with Gasteiger partial charge in [0.1, 0.15) is 22.3 Å². The molecule has 0 saturated heterocycles. The van der Waals surface area contributed by atoms with E-state index in [0.717, 1.165) is 49.4 Å². The molecule has 0 radical (unpaired) electrons. The molecule has 0 aliphatic carbocycles. The van der Waals surface area contributed by atoms with Gasteiger partial charge in [-0.15, -0.1) is 0 Å². The predicted molar refractivity (Wildman–Crippen MR) is 196 cm³/mol. The van der Waals surface area contributed by atoms with Crippen molar-refractivity contribution in [3.63, 3.8) is 0 Å². The molecular weight excluding hydrogens is 574 g/mol. The van der Waals surface area contributed by atoms with Crippen LogP contribution in [0, 0.1) is 0 Å². The van der Waals surface area contributed by atoms with E-state index in [0.29, 0.717) is 0 Å². The summed E-state index contributed by atoms with van der Waals surface area (Å²) in [5.74, 6) is 0. The lowest BCUT2D eigenvalue weighted by molar-refractivity contribution is 0.668. The molecule has 11 aromatic rings. The minimum absolute atomic E-state index is 0.895. The maximum atomic E-state index is 6.45. The highest BCUT2D eigenvalue weighted by molar-refractivity contribution is 6.25. The highest BCUT2D eigenvalue weighted by Crippen LogP contribution is 2.47. The van der Waals surface area contributed by atoms with Gasteiger partial charge in [0.2, 0.25) is 0 Å². The van der Waals surface area contributed by atoms with Gasteiger partial charge in [0, 0.05) is 49.2 Å². The van der Waals surface area contributed by atoms with Crippen LogP contribution in [0.4, 0.5) is 0 Å². The maximum Gasteiger partial charge on any atom is 0.137 e. The van der Waals surface area contributed by atoms with Crippen LogP contribution in [-0.4, -0.2) is 4.57 Å². The molecule has 3 nitrogen and oxygen atoms in total. The Morgan fingerprint density at radius 2 is 0.894 bits per heavy atom. The minimum atomic E-state index is 0.895. The molecule has 3 heterocycles. The van der Waals surface area contributed by atoms with E-state index < -0.39 is 0 Å². The lowest BCUT2D eigenvalue weighted by atomic mass is 9.88. The highest BCUT2D eigenvalue weighted by atomic mass is 16.3. The number of aromatic nitrogens is 1. The second-order valence-electron chi connectivity index (χ2n) is 12.4. The quantitative estimate of drug-likeness (QED) is 0.185. The van der Waals surface area contributed by atoms with Crippen LogP contribution >= 0.6 is 0 Å². The van der Waals surface area contributed by atoms with Crippen molar-refractivity contribution < 1.29 is 8.83 Å². The number of benzene rings is 8. The van der Waals surface area contributed by atoms with E-state index in [2.05, 4.69) is 144 Å². The average molecular weight is 600 g/mol. The molecule has 0 amide bonds. The molecule has 218 valence electrons. The van der Waals surface area contributed by atoms with Crippen molar-refractivity contribution in [1.29, 1.82) is 0 Å². The SMILES string of the molecule is c1ccc2c(c1)oc1cc3c(cc12)c1ccccc1n3-c1c2ccccc2c(-c2cccc3oc4ccccc4c23)c2ccccc12. The molecule has 47 heavy (non-hydrogen) atoms. The van der Waals surface area contributed by atoms with E-state index in [9.17, 15) is 0 Å². The Labute approximate surface area is 268 Å². The van der Waals surface area contributed by atoms with Crippen LogP contribution in [0.3, 0.4) is 0 Å². The average Bonchev–Trinajstić information content (AvgIpc) is 3.79. The van der Waals surface area contributed by atoms with Gasteiger partial charge in [-0.2, -0.15) is 0 Å². The molecule has 0 N–H and O–H groups in total. The predicted octanol–water partition coefficient (Wildman–Crippen LogP) is 12.6. The Morgan fingerprint density at radius 3 is 1.64 bits per heavy atom. The van der Waals surface area contributed by atoms with Crippen molar-refractivity contribution >= 4 is 87.2 Å². The summed E-state index contributed by atoms with van der Waals surface area (Å²) in [5, 5.41) is 11.8. The monoisotopic (exact) mass is 599 g/mol. The molecule has 0 aliphatic heterocycles. The van der Waals surface area contributed by atoms with Gasteiger partial charge in [-0.25, -0.2) is 0 Å². The first-order valence-electron chi connectivity index (χ1n) is 16.0. The van der Waals surface area contributed by atoms with Crippen molar-refractivity contribution in [3.05, 3.63) is 152 Å². The molecule has 3 heteroatoms. The van der Waals surface area contributed by atoms with Crippen LogP contribution in [0.2, 0.25) is 0 Å². The van der Waals surface area contributed by atoms with Crippen molar-refractivity contribution in [1.82, 2.24) is 4.57 Å². The van der Waals surface area contributed by atoms with Crippen molar-refractivity contribution in [2.45, 2.75) is 0 Å². The standard InChI is InChI=1S/C44H25NO2/c1-3-16-30-28(14-1)42(33-19-11-23-40-43(33)32-18-7-10-22-39(32)46-40)29-15-2-4-17-31(29)44(30)45-36-20-8-5-12-26(36)34-24-35-27-13-6-9-21-38(27)47-41(35)25-37(34)45/h1-25H. The van der Waals surface area contributed by atoms with E-state index in [-0.39, 0.29) is 0 Å². The number of para-hydroxylation sites is 3. The summed E-state index contributed by atoms with van der Waals surface area (Å²) in [6.45, 7) is 0. The lowest BCUT2D eigenvalue weighted by Crippen LogP contribution is -1.99. The zero-order valence-electron chi connectivity index (χ0n) is 25.2. The summed E-state index contributed by atoms with van der Waals surface area (Å²) in [6, 6.07) is 54.1. The summed E-state index contributed by atoms with van der Waals surface area (Å²) in [4.78, 5) is 0. The number of nitrogens with zero attached hydrogens (tertiary/aromatic N) is 1. The van der Waals surface area contributed by atoms with E-state index >= 15 is 0 Å². The summed E-state index contributed by atoms with van der Waals surface area (Å²) >= 11 is 0. The van der Waals surface area contributed by atoms with Gasteiger partial charge in [-0.3, -0.25) is 0 Å². The van der Waals surface area contributed by atoms with Crippen molar-refractivity contribution in [2.75, 3.05) is 0 Å². The molecule has 0 atom stereocenters. The second kappa shape index (κ2) is 9.12. The van der Waals surface area contributed by atoms with Crippen LogP contribution in [-0.2, 0) is 0 Å². The Bertz CT molecular complexity index is 3020. The topological polar surface area (TPSA) is 31.2 Å². The molecule has 0 aliphatic rings. The molecule has 8 aromatic carbocycles. The number of hydrogen-bond acceptors (Lipinski definition) is 2. The first kappa shape index (κ1) is 24.9. The van der Waals surface area contributed by atoms with Crippen molar-refractivity contribution in [3.8, 4) is 16.8 Å². The van der Waals surface area contributed by atoms with Crippen LogP contribution < -0.4 is 0 Å². The second-order valence-corrected chi connectivity index (χ2v) is 12.4. The van der Waals surface area contributed by atoms with E-state index in [1.807, 2.05) is 12.1 Å². The zero-order chi connectivity index (χ0) is 30.6. The van der Waals surface area contributed by atoms with Crippen molar-refractivity contribution in [2.24, 2.45) is 0 Å². The molecule has 0 fully saturated rings. The lowest BCUT2D eigenvalue weighted by Gasteiger charge is -2.20. The van der Waals surface area contributed by atoms with Gasteiger partial charge in [0.05, 0.1) is 16.7 Å². The van der Waals surface area contributed by atoms with Crippen LogP contribution in [0.25, 0.3) is 104 Å². The largest absolute Gasteiger partial charge is 0.456 e. The third-order valence-corrected chi connectivity index (χ3v) is 9.97. The number of rotatable bonds is 2. The normalized spacial score (nSPS) is 12.3. The van der Waals surface area contributed by atoms with E-state index in [1.165, 1.54) is 54.6 Å². The summed E-state index contributed by atoms with van der Waals surface area (Å²) in [6.07, 6.45) is 0. The molecule has 0 bridgehead atoms. The number of furan rings is 2. The van der Waals surface area contributed by atoms with Crippen LogP contribution in [0.5, 0.6) is 0 Å². The van der Waals surface area contributed by atoms with Gasteiger partial charge in [-0.1, -0.05) is 115 Å². The summed E-state index contributed by atoms with van der Waals surface area (Å²) < 4.78 is 15.3. The molecular formula is C44H25NO2. The molecule has 11 rings (SSSR count). The Balaban J connectivity index is 1.33. The van der Waals surface area contributed by atoms with E-state index in [4.69, 9.17) is 8.83 Å². The van der Waals surface area contributed by atoms with E-state index in [1.54, 1.807) is 0 Å². The molecule has 3 aromatic heterocycles. The molecule has 0 unspecified atom stereocenters. The Morgan fingerprint density at radius 1 is 0.340 bits per heavy atom. The van der Waals surface area contributed by atoms with Gasteiger partial charge < -0.3 is 13.4 Å². The zero-order valence-corrected chi connectivity index (χ0v) is 25.2. The third-order valence-electron chi connectivity index (χ3n) is 9.97. The fraction of sp³-hybridized carbons (Fsp3) is 0. The fourth-order valence-electron chi connectivity index (χ4n) is 8.05. The molecule has 0 saturated carbocycles. The van der Waals surface area contributed by atoms with Gasteiger partial charge in [0.25, 0.3) is 0 Å². The first-order chi connectivity index (χ1) is 23.3. The third kappa shape index (κ3) is 3.30. The fourth-order valence-corrected chi connectivity index (χ4v) is 8.05. The van der Waals surface area contributed by atoms with Crippen LogP contribution in [0.1, 0.15) is 0 Å². The smallest absolute Gasteiger partial charge is 0.137 e. The van der Waals surface area contributed by atoms with Crippen LogP contribution in [0.15, 0.2) is 160 Å².